The lowest BCUT2D eigenvalue weighted by atomic mass is 10.00. The van der Waals surface area contributed by atoms with Crippen LogP contribution in [0, 0.1) is 0 Å². The first-order chi connectivity index (χ1) is 28.5. The largest absolute Gasteiger partial charge is 0.394 e. The Morgan fingerprint density at radius 3 is 1.03 bits per heavy atom. The number of amides is 1. The standard InChI is InChI=1S/C52H101NO5/c1-3-5-7-9-11-13-15-17-19-21-23-24-25-26-28-30-32-34-36-38-40-42-44-46-50(56)52(58)53-48(47-54)51(57)49(55)45-43-41-39-37-35-33-31-29-27-22-20-18-16-14-12-10-8-6-4-2/h26,28,37,39,48-51,54-57H,3-25,27,29-36,38,40-47H2,1-2H3,(H,53,58)/b28-26-,39-37+. The van der Waals surface area contributed by atoms with Crippen LogP contribution < -0.4 is 5.32 Å². The summed E-state index contributed by atoms with van der Waals surface area (Å²) in [6, 6.07) is -1.00. The molecule has 0 rings (SSSR count). The molecule has 0 spiro atoms. The Labute approximate surface area is 361 Å². The van der Waals surface area contributed by atoms with Crippen LogP contribution in [0.15, 0.2) is 24.3 Å². The van der Waals surface area contributed by atoms with E-state index in [9.17, 15) is 25.2 Å². The number of nitrogens with one attached hydrogen (secondary N) is 1. The molecule has 0 fully saturated rings. The Balaban J connectivity index is 3.70. The zero-order valence-corrected chi connectivity index (χ0v) is 38.8. The van der Waals surface area contributed by atoms with Gasteiger partial charge < -0.3 is 25.7 Å². The SMILES string of the molecule is CCCCCCCCCCCCCC/C=C\CCCCCCCCCC(O)C(=O)NC(CO)C(O)C(O)CCC/C=C/CCCCCCCCCCCCCCCC. The lowest BCUT2D eigenvalue weighted by Crippen LogP contribution is -2.53. The summed E-state index contributed by atoms with van der Waals surface area (Å²) in [6.45, 7) is 4.07. The highest BCUT2D eigenvalue weighted by molar-refractivity contribution is 5.80. The monoisotopic (exact) mass is 820 g/mol. The average Bonchev–Trinajstić information content (AvgIpc) is 3.23. The summed E-state index contributed by atoms with van der Waals surface area (Å²) in [6.07, 6.45) is 55.1. The van der Waals surface area contributed by atoms with Gasteiger partial charge in [-0.1, -0.05) is 231 Å². The molecule has 0 heterocycles. The minimum atomic E-state index is -1.28. The van der Waals surface area contributed by atoms with Gasteiger partial charge in [-0.2, -0.15) is 0 Å². The van der Waals surface area contributed by atoms with Gasteiger partial charge in [0.05, 0.1) is 18.8 Å². The Morgan fingerprint density at radius 1 is 0.414 bits per heavy atom. The Kier molecular flexibility index (Phi) is 45.9. The highest BCUT2D eigenvalue weighted by Crippen LogP contribution is 2.16. The van der Waals surface area contributed by atoms with E-state index >= 15 is 0 Å². The molecular formula is C52H101NO5. The number of carbonyl (C=O) groups is 1. The quantitative estimate of drug-likeness (QED) is 0.0310. The van der Waals surface area contributed by atoms with Crippen LogP contribution in [-0.4, -0.2) is 57.3 Å². The molecule has 1 amide bonds. The Bertz CT molecular complexity index is 878. The van der Waals surface area contributed by atoms with Crippen molar-refractivity contribution >= 4 is 5.91 Å². The molecule has 5 N–H and O–H groups in total. The second-order valence-corrected chi connectivity index (χ2v) is 17.9. The first-order valence-corrected chi connectivity index (χ1v) is 25.7. The molecule has 0 bridgehead atoms. The normalized spacial score (nSPS) is 14.1. The van der Waals surface area contributed by atoms with Crippen molar-refractivity contribution in [2.24, 2.45) is 0 Å². The first kappa shape index (κ1) is 56.8. The van der Waals surface area contributed by atoms with Crippen molar-refractivity contribution in [1.29, 1.82) is 0 Å². The highest BCUT2D eigenvalue weighted by atomic mass is 16.3. The third-order valence-electron chi connectivity index (χ3n) is 12.1. The predicted octanol–water partition coefficient (Wildman–Crippen LogP) is 14.3. The van der Waals surface area contributed by atoms with E-state index in [1.807, 2.05) is 0 Å². The molecule has 0 saturated heterocycles. The minimum absolute atomic E-state index is 0.359. The number of allylic oxidation sites excluding steroid dienone is 4. The Morgan fingerprint density at radius 2 is 0.707 bits per heavy atom. The number of rotatable bonds is 47. The lowest BCUT2D eigenvalue weighted by Gasteiger charge is -2.27. The van der Waals surface area contributed by atoms with Crippen LogP contribution in [-0.2, 0) is 4.79 Å². The molecule has 0 radical (unpaired) electrons. The number of unbranched alkanes of at least 4 members (excludes halogenated alkanes) is 34. The molecule has 0 aromatic carbocycles. The molecule has 58 heavy (non-hydrogen) atoms. The maximum absolute atomic E-state index is 12.6. The highest BCUT2D eigenvalue weighted by Gasteiger charge is 2.28. The maximum Gasteiger partial charge on any atom is 0.249 e. The summed E-state index contributed by atoms with van der Waals surface area (Å²) in [5, 5.41) is 43.8. The fourth-order valence-electron chi connectivity index (χ4n) is 8.05. The number of aliphatic hydroxyl groups is 4. The molecule has 4 atom stereocenters. The molecule has 0 aromatic rings. The second kappa shape index (κ2) is 46.8. The van der Waals surface area contributed by atoms with Gasteiger partial charge in [-0.25, -0.2) is 0 Å². The minimum Gasteiger partial charge on any atom is -0.394 e. The van der Waals surface area contributed by atoms with E-state index < -0.39 is 36.9 Å². The summed E-state index contributed by atoms with van der Waals surface area (Å²) in [4.78, 5) is 12.6. The topological polar surface area (TPSA) is 110 Å². The van der Waals surface area contributed by atoms with Crippen molar-refractivity contribution in [1.82, 2.24) is 5.32 Å². The van der Waals surface area contributed by atoms with E-state index in [0.29, 0.717) is 12.8 Å². The summed E-state index contributed by atoms with van der Waals surface area (Å²) < 4.78 is 0. The van der Waals surface area contributed by atoms with Crippen LogP contribution in [0.5, 0.6) is 0 Å². The van der Waals surface area contributed by atoms with Crippen LogP contribution in [0.25, 0.3) is 0 Å². The molecule has 4 unspecified atom stereocenters. The summed E-state index contributed by atoms with van der Waals surface area (Å²) in [5.74, 6) is -0.594. The van der Waals surface area contributed by atoms with Gasteiger partial charge >= 0.3 is 0 Å². The fourth-order valence-corrected chi connectivity index (χ4v) is 8.05. The predicted molar refractivity (Wildman–Crippen MR) is 251 cm³/mol. The van der Waals surface area contributed by atoms with Crippen molar-refractivity contribution in [2.45, 2.75) is 295 Å². The average molecular weight is 820 g/mol. The first-order valence-electron chi connectivity index (χ1n) is 25.7. The lowest BCUT2D eigenvalue weighted by molar-refractivity contribution is -0.132. The van der Waals surface area contributed by atoms with E-state index in [2.05, 4.69) is 43.5 Å². The number of hydrogen-bond acceptors (Lipinski definition) is 5. The van der Waals surface area contributed by atoms with Gasteiger partial charge in [0, 0.05) is 0 Å². The second-order valence-electron chi connectivity index (χ2n) is 17.9. The molecule has 6 nitrogen and oxygen atoms in total. The number of carbonyl (C=O) groups excluding carboxylic acids is 1. The number of aliphatic hydroxyl groups excluding tert-OH is 4. The molecule has 0 aliphatic rings. The van der Waals surface area contributed by atoms with Gasteiger partial charge in [0.1, 0.15) is 12.2 Å². The summed E-state index contributed by atoms with van der Waals surface area (Å²) in [5.41, 5.74) is 0. The van der Waals surface area contributed by atoms with E-state index in [1.54, 1.807) is 0 Å². The maximum atomic E-state index is 12.6. The fraction of sp³-hybridized carbons (Fsp3) is 0.904. The smallest absolute Gasteiger partial charge is 0.249 e. The van der Waals surface area contributed by atoms with E-state index in [-0.39, 0.29) is 0 Å². The zero-order chi connectivity index (χ0) is 42.4. The van der Waals surface area contributed by atoms with Crippen LogP contribution in [0.1, 0.15) is 271 Å². The van der Waals surface area contributed by atoms with Crippen LogP contribution in [0.2, 0.25) is 0 Å². The molecule has 344 valence electrons. The molecule has 0 aliphatic carbocycles. The van der Waals surface area contributed by atoms with Crippen LogP contribution in [0.3, 0.4) is 0 Å². The van der Waals surface area contributed by atoms with E-state index in [0.717, 1.165) is 38.5 Å². The summed E-state index contributed by atoms with van der Waals surface area (Å²) in [7, 11) is 0. The van der Waals surface area contributed by atoms with Crippen molar-refractivity contribution in [3.8, 4) is 0 Å². The summed E-state index contributed by atoms with van der Waals surface area (Å²) >= 11 is 0. The van der Waals surface area contributed by atoms with Crippen molar-refractivity contribution < 1.29 is 25.2 Å². The van der Waals surface area contributed by atoms with Gasteiger partial charge in [0.15, 0.2) is 0 Å². The molecular weight excluding hydrogens is 719 g/mol. The van der Waals surface area contributed by atoms with Crippen LogP contribution >= 0.6 is 0 Å². The third kappa shape index (κ3) is 40.2. The van der Waals surface area contributed by atoms with Crippen molar-refractivity contribution in [2.75, 3.05) is 6.61 Å². The molecule has 6 heteroatoms. The molecule has 0 saturated carbocycles. The van der Waals surface area contributed by atoms with Gasteiger partial charge in [0.25, 0.3) is 0 Å². The van der Waals surface area contributed by atoms with E-state index in [1.165, 1.54) is 205 Å². The van der Waals surface area contributed by atoms with Crippen molar-refractivity contribution in [3.05, 3.63) is 24.3 Å². The van der Waals surface area contributed by atoms with Gasteiger partial charge in [-0.05, 0) is 64.2 Å². The van der Waals surface area contributed by atoms with Crippen molar-refractivity contribution in [3.63, 3.8) is 0 Å². The Hall–Kier alpha value is -1.21. The molecule has 0 aromatic heterocycles. The molecule has 0 aliphatic heterocycles. The van der Waals surface area contributed by atoms with E-state index in [4.69, 9.17) is 0 Å². The van der Waals surface area contributed by atoms with Gasteiger partial charge in [-0.3, -0.25) is 4.79 Å². The van der Waals surface area contributed by atoms with Crippen LogP contribution in [0.4, 0.5) is 0 Å². The van der Waals surface area contributed by atoms with Gasteiger partial charge in [0.2, 0.25) is 5.91 Å². The third-order valence-corrected chi connectivity index (χ3v) is 12.1. The zero-order valence-electron chi connectivity index (χ0n) is 38.8. The number of hydrogen-bond donors (Lipinski definition) is 5. The van der Waals surface area contributed by atoms with Gasteiger partial charge in [-0.15, -0.1) is 0 Å².